The number of esters is 1. The minimum atomic E-state index is -0.528. The number of carbonyl (C=O) groups excluding carboxylic acids is 2. The zero-order chi connectivity index (χ0) is 14.3. The Morgan fingerprint density at radius 3 is 2.68 bits per heavy atom. The molecule has 0 saturated carbocycles. The number of piperidine rings is 1. The molecular formula is C14H26N2O3. The van der Waals surface area contributed by atoms with Crippen LogP contribution in [0, 0.1) is 11.8 Å². The average molecular weight is 270 g/mol. The normalized spacial score (nSPS) is 22.4. The van der Waals surface area contributed by atoms with Gasteiger partial charge in [0.25, 0.3) is 0 Å². The van der Waals surface area contributed by atoms with Crippen molar-refractivity contribution in [3.8, 4) is 0 Å². The van der Waals surface area contributed by atoms with Crippen molar-refractivity contribution in [3.05, 3.63) is 0 Å². The molecule has 1 aliphatic rings. The van der Waals surface area contributed by atoms with Crippen LogP contribution in [-0.2, 0) is 14.3 Å². The first kappa shape index (κ1) is 16.0. The van der Waals surface area contributed by atoms with Gasteiger partial charge in [0, 0.05) is 6.54 Å². The molecule has 0 aliphatic carbocycles. The van der Waals surface area contributed by atoms with Gasteiger partial charge >= 0.3 is 5.97 Å². The van der Waals surface area contributed by atoms with Crippen molar-refractivity contribution in [2.24, 2.45) is 11.8 Å². The monoisotopic (exact) mass is 270 g/mol. The van der Waals surface area contributed by atoms with Gasteiger partial charge in [-0.25, -0.2) is 4.79 Å². The Morgan fingerprint density at radius 2 is 2.16 bits per heavy atom. The first-order valence-electron chi connectivity index (χ1n) is 7.27. The lowest BCUT2D eigenvalue weighted by Crippen LogP contribution is -2.50. The van der Waals surface area contributed by atoms with Crippen molar-refractivity contribution < 1.29 is 14.3 Å². The van der Waals surface area contributed by atoms with Crippen molar-refractivity contribution >= 4 is 11.9 Å². The van der Waals surface area contributed by atoms with Crippen LogP contribution in [0.2, 0.25) is 0 Å². The Hall–Kier alpha value is -1.10. The topological polar surface area (TPSA) is 67.4 Å². The summed E-state index contributed by atoms with van der Waals surface area (Å²) in [6, 6.07) is -0.528. The van der Waals surface area contributed by atoms with Gasteiger partial charge in [0.05, 0.1) is 12.5 Å². The zero-order valence-corrected chi connectivity index (χ0v) is 12.2. The van der Waals surface area contributed by atoms with E-state index in [0.29, 0.717) is 13.2 Å². The molecule has 3 atom stereocenters. The molecule has 1 rings (SSSR count). The maximum atomic E-state index is 12.2. The predicted molar refractivity (Wildman–Crippen MR) is 73.6 cm³/mol. The van der Waals surface area contributed by atoms with Crippen molar-refractivity contribution in [1.82, 2.24) is 10.6 Å². The molecule has 5 heteroatoms. The SMILES string of the molecule is CCOC(=O)C(NC(=O)C1CCCNC1)C(C)CC. The quantitative estimate of drug-likeness (QED) is 0.709. The molecule has 1 heterocycles. The fraction of sp³-hybridized carbons (Fsp3) is 0.857. The molecule has 0 spiro atoms. The van der Waals surface area contributed by atoms with Crippen LogP contribution in [0.1, 0.15) is 40.0 Å². The van der Waals surface area contributed by atoms with E-state index >= 15 is 0 Å². The highest BCUT2D eigenvalue weighted by molar-refractivity contribution is 5.86. The third-order valence-corrected chi connectivity index (χ3v) is 3.72. The van der Waals surface area contributed by atoms with Crippen LogP contribution in [0.5, 0.6) is 0 Å². The number of hydrogen-bond acceptors (Lipinski definition) is 4. The summed E-state index contributed by atoms with van der Waals surface area (Å²) < 4.78 is 5.05. The molecular weight excluding hydrogens is 244 g/mol. The highest BCUT2D eigenvalue weighted by Gasteiger charge is 2.30. The van der Waals surface area contributed by atoms with Gasteiger partial charge in [-0.2, -0.15) is 0 Å². The van der Waals surface area contributed by atoms with Gasteiger partial charge in [0.2, 0.25) is 5.91 Å². The van der Waals surface area contributed by atoms with Crippen LogP contribution < -0.4 is 10.6 Å². The number of rotatable bonds is 6. The second-order valence-electron chi connectivity index (χ2n) is 5.17. The molecule has 110 valence electrons. The maximum absolute atomic E-state index is 12.2. The first-order valence-corrected chi connectivity index (χ1v) is 7.27. The standard InChI is InChI=1S/C14H26N2O3/c1-4-10(3)12(14(18)19-5-2)16-13(17)11-7-6-8-15-9-11/h10-12,15H,4-9H2,1-3H3,(H,16,17). The molecule has 5 nitrogen and oxygen atoms in total. The second kappa shape index (κ2) is 8.15. The molecule has 0 aromatic heterocycles. The minimum absolute atomic E-state index is 0.0327. The number of carbonyl (C=O) groups is 2. The lowest BCUT2D eigenvalue weighted by molar-refractivity contribution is -0.149. The molecule has 1 aliphatic heterocycles. The molecule has 0 radical (unpaired) electrons. The van der Waals surface area contributed by atoms with Gasteiger partial charge in [0.1, 0.15) is 6.04 Å². The smallest absolute Gasteiger partial charge is 0.328 e. The molecule has 2 N–H and O–H groups in total. The van der Waals surface area contributed by atoms with E-state index < -0.39 is 6.04 Å². The summed E-state index contributed by atoms with van der Waals surface area (Å²) in [5, 5.41) is 6.08. The largest absolute Gasteiger partial charge is 0.464 e. The van der Waals surface area contributed by atoms with Crippen LogP contribution in [0.25, 0.3) is 0 Å². The van der Waals surface area contributed by atoms with Gasteiger partial charge in [-0.3, -0.25) is 4.79 Å². The fourth-order valence-corrected chi connectivity index (χ4v) is 2.25. The summed E-state index contributed by atoms with van der Waals surface area (Å²) in [6.45, 7) is 7.75. The van der Waals surface area contributed by atoms with E-state index in [2.05, 4.69) is 10.6 Å². The van der Waals surface area contributed by atoms with Gasteiger partial charge in [-0.15, -0.1) is 0 Å². The number of amides is 1. The van der Waals surface area contributed by atoms with Gasteiger partial charge in [-0.1, -0.05) is 20.3 Å². The lowest BCUT2D eigenvalue weighted by atomic mass is 9.95. The zero-order valence-electron chi connectivity index (χ0n) is 12.2. The van der Waals surface area contributed by atoms with Gasteiger partial charge in [0.15, 0.2) is 0 Å². The van der Waals surface area contributed by atoms with Crippen molar-refractivity contribution in [3.63, 3.8) is 0 Å². The van der Waals surface area contributed by atoms with Crippen LogP contribution in [0.4, 0.5) is 0 Å². The first-order chi connectivity index (χ1) is 9.10. The summed E-state index contributed by atoms with van der Waals surface area (Å²) in [4.78, 5) is 24.1. The maximum Gasteiger partial charge on any atom is 0.328 e. The molecule has 0 aromatic carbocycles. The van der Waals surface area contributed by atoms with E-state index in [9.17, 15) is 9.59 Å². The summed E-state index contributed by atoms with van der Waals surface area (Å²) in [6.07, 6.45) is 2.72. The molecule has 0 aromatic rings. The highest BCUT2D eigenvalue weighted by atomic mass is 16.5. The Bertz CT molecular complexity index is 301. The van der Waals surface area contributed by atoms with E-state index in [0.717, 1.165) is 25.8 Å². The molecule has 1 fully saturated rings. The molecule has 3 unspecified atom stereocenters. The number of hydrogen-bond donors (Lipinski definition) is 2. The number of ether oxygens (including phenoxy) is 1. The predicted octanol–water partition coefficient (Wildman–Crippen LogP) is 1.08. The van der Waals surface area contributed by atoms with E-state index in [1.807, 2.05) is 13.8 Å². The fourth-order valence-electron chi connectivity index (χ4n) is 2.25. The Morgan fingerprint density at radius 1 is 1.42 bits per heavy atom. The summed E-state index contributed by atoms with van der Waals surface area (Å²) in [5.74, 6) is -0.311. The summed E-state index contributed by atoms with van der Waals surface area (Å²) in [5.41, 5.74) is 0. The molecule has 1 amide bonds. The van der Waals surface area contributed by atoms with Crippen LogP contribution in [0.3, 0.4) is 0 Å². The van der Waals surface area contributed by atoms with Crippen molar-refractivity contribution in [2.45, 2.75) is 46.1 Å². The summed E-state index contributed by atoms with van der Waals surface area (Å²) in [7, 11) is 0. The van der Waals surface area contributed by atoms with E-state index in [4.69, 9.17) is 4.74 Å². The molecule has 0 bridgehead atoms. The van der Waals surface area contributed by atoms with Crippen LogP contribution in [0.15, 0.2) is 0 Å². The molecule has 1 saturated heterocycles. The van der Waals surface area contributed by atoms with Crippen LogP contribution in [-0.4, -0.2) is 37.6 Å². The Labute approximate surface area is 115 Å². The average Bonchev–Trinajstić information content (AvgIpc) is 2.44. The van der Waals surface area contributed by atoms with Gasteiger partial charge < -0.3 is 15.4 Å². The van der Waals surface area contributed by atoms with Crippen molar-refractivity contribution in [1.29, 1.82) is 0 Å². The Balaban J connectivity index is 2.59. The third kappa shape index (κ3) is 4.82. The van der Waals surface area contributed by atoms with E-state index in [1.54, 1.807) is 6.92 Å². The van der Waals surface area contributed by atoms with E-state index in [-0.39, 0.29) is 23.7 Å². The minimum Gasteiger partial charge on any atom is -0.464 e. The Kier molecular flexibility index (Phi) is 6.84. The van der Waals surface area contributed by atoms with Crippen LogP contribution >= 0.6 is 0 Å². The highest BCUT2D eigenvalue weighted by Crippen LogP contribution is 2.14. The number of nitrogens with one attached hydrogen (secondary N) is 2. The summed E-state index contributed by atoms with van der Waals surface area (Å²) >= 11 is 0. The van der Waals surface area contributed by atoms with E-state index in [1.165, 1.54) is 0 Å². The lowest BCUT2D eigenvalue weighted by Gasteiger charge is -2.27. The third-order valence-electron chi connectivity index (χ3n) is 3.72. The molecule has 19 heavy (non-hydrogen) atoms. The van der Waals surface area contributed by atoms with Gasteiger partial charge in [-0.05, 0) is 32.2 Å². The van der Waals surface area contributed by atoms with Crippen molar-refractivity contribution in [2.75, 3.05) is 19.7 Å². The second-order valence-corrected chi connectivity index (χ2v) is 5.17.